The van der Waals surface area contributed by atoms with Crippen LogP contribution in [0.3, 0.4) is 0 Å². The molecule has 1 saturated heterocycles. The van der Waals surface area contributed by atoms with Crippen LogP contribution < -0.4 is 10.6 Å². The fourth-order valence-electron chi connectivity index (χ4n) is 3.80. The Morgan fingerprint density at radius 1 is 1.37 bits per heavy atom. The molecule has 8 heteroatoms. The van der Waals surface area contributed by atoms with Crippen LogP contribution in [0.5, 0.6) is 0 Å². The lowest BCUT2D eigenvalue weighted by Gasteiger charge is -2.33. The minimum absolute atomic E-state index is 0.283. The SMILES string of the molecule is Cc1ccc2nc(NC(=O)CN3C(=O)NC4(CCC(C)CC4)C3=O)sc2c1. The van der Waals surface area contributed by atoms with E-state index < -0.39 is 17.5 Å². The zero-order valence-electron chi connectivity index (χ0n) is 15.4. The number of benzene rings is 1. The van der Waals surface area contributed by atoms with Gasteiger partial charge in [0.2, 0.25) is 5.91 Å². The molecule has 1 aliphatic carbocycles. The number of hydrogen-bond donors (Lipinski definition) is 2. The first-order valence-corrected chi connectivity index (χ1v) is 9.99. The van der Waals surface area contributed by atoms with Gasteiger partial charge in [0.25, 0.3) is 5.91 Å². The number of carbonyl (C=O) groups is 3. The van der Waals surface area contributed by atoms with E-state index in [0.29, 0.717) is 23.9 Å². The molecule has 1 spiro atoms. The molecule has 2 aliphatic rings. The summed E-state index contributed by atoms with van der Waals surface area (Å²) in [5.41, 5.74) is 1.11. The van der Waals surface area contributed by atoms with E-state index in [9.17, 15) is 14.4 Å². The Morgan fingerprint density at radius 2 is 2.11 bits per heavy atom. The van der Waals surface area contributed by atoms with E-state index in [2.05, 4.69) is 22.5 Å². The first-order chi connectivity index (χ1) is 12.9. The Morgan fingerprint density at radius 3 is 2.85 bits per heavy atom. The van der Waals surface area contributed by atoms with Gasteiger partial charge in [-0.2, -0.15) is 0 Å². The summed E-state index contributed by atoms with van der Waals surface area (Å²) in [6, 6.07) is 5.39. The molecule has 2 heterocycles. The van der Waals surface area contributed by atoms with Gasteiger partial charge in [-0.1, -0.05) is 24.3 Å². The van der Waals surface area contributed by atoms with Gasteiger partial charge >= 0.3 is 6.03 Å². The second kappa shape index (κ2) is 6.60. The lowest BCUT2D eigenvalue weighted by Crippen LogP contribution is -2.49. The minimum Gasteiger partial charge on any atom is -0.323 e. The lowest BCUT2D eigenvalue weighted by atomic mass is 9.77. The average molecular weight is 386 g/mol. The third kappa shape index (κ3) is 3.29. The van der Waals surface area contributed by atoms with Crippen LogP contribution in [0.1, 0.15) is 38.2 Å². The van der Waals surface area contributed by atoms with E-state index >= 15 is 0 Å². The molecule has 142 valence electrons. The Balaban J connectivity index is 1.44. The van der Waals surface area contributed by atoms with Crippen molar-refractivity contribution in [3.05, 3.63) is 23.8 Å². The molecule has 2 aromatic rings. The number of urea groups is 1. The largest absolute Gasteiger partial charge is 0.325 e. The van der Waals surface area contributed by atoms with Crippen molar-refractivity contribution in [3.63, 3.8) is 0 Å². The number of nitrogens with one attached hydrogen (secondary N) is 2. The van der Waals surface area contributed by atoms with Crippen LogP contribution in [0, 0.1) is 12.8 Å². The molecule has 2 N–H and O–H groups in total. The van der Waals surface area contributed by atoms with E-state index in [1.54, 1.807) is 0 Å². The highest BCUT2D eigenvalue weighted by Crippen LogP contribution is 2.36. The maximum atomic E-state index is 12.8. The van der Waals surface area contributed by atoms with Crippen molar-refractivity contribution < 1.29 is 14.4 Å². The van der Waals surface area contributed by atoms with Gasteiger partial charge in [-0.05, 0) is 56.2 Å². The van der Waals surface area contributed by atoms with Gasteiger partial charge in [-0.3, -0.25) is 14.5 Å². The maximum absolute atomic E-state index is 12.8. The smallest absolute Gasteiger partial charge is 0.323 e. The fraction of sp³-hybridized carbons (Fsp3) is 0.474. The zero-order valence-corrected chi connectivity index (χ0v) is 16.2. The molecule has 1 aliphatic heterocycles. The van der Waals surface area contributed by atoms with Gasteiger partial charge in [0.05, 0.1) is 10.2 Å². The predicted molar refractivity (Wildman–Crippen MR) is 104 cm³/mol. The van der Waals surface area contributed by atoms with Gasteiger partial charge < -0.3 is 10.6 Å². The number of aromatic nitrogens is 1. The number of fused-ring (bicyclic) bond motifs is 1. The summed E-state index contributed by atoms with van der Waals surface area (Å²) in [6.07, 6.45) is 3.07. The van der Waals surface area contributed by atoms with Gasteiger partial charge in [0.15, 0.2) is 5.13 Å². The van der Waals surface area contributed by atoms with Crippen molar-refractivity contribution in [3.8, 4) is 0 Å². The summed E-state index contributed by atoms with van der Waals surface area (Å²) >= 11 is 1.37. The second-order valence-corrected chi connectivity index (χ2v) is 8.66. The molecule has 1 saturated carbocycles. The molecule has 0 radical (unpaired) electrons. The van der Waals surface area contributed by atoms with Gasteiger partial charge in [-0.25, -0.2) is 9.78 Å². The Kier molecular flexibility index (Phi) is 4.38. The number of hydrogen-bond acceptors (Lipinski definition) is 5. The molecule has 7 nitrogen and oxygen atoms in total. The van der Waals surface area contributed by atoms with Crippen LogP contribution in [-0.4, -0.2) is 39.8 Å². The summed E-state index contributed by atoms with van der Waals surface area (Å²) in [5.74, 6) is -0.148. The molecule has 27 heavy (non-hydrogen) atoms. The number of aryl methyl sites for hydroxylation is 1. The number of imide groups is 1. The number of carbonyl (C=O) groups excluding carboxylic acids is 3. The van der Waals surface area contributed by atoms with Gasteiger partial charge in [-0.15, -0.1) is 0 Å². The van der Waals surface area contributed by atoms with Crippen LogP contribution in [0.4, 0.5) is 9.93 Å². The number of thiazole rings is 1. The standard InChI is InChI=1S/C19H22N4O3S/c1-11-5-7-19(8-6-11)16(25)23(18(26)22-19)10-15(24)21-17-20-13-4-3-12(2)9-14(13)27-17/h3-4,9,11H,5-8,10H2,1-2H3,(H,22,26)(H,20,21,24). The predicted octanol–water partition coefficient (Wildman–Crippen LogP) is 3.04. The van der Waals surface area contributed by atoms with Crippen molar-refractivity contribution >= 4 is 44.5 Å². The van der Waals surface area contributed by atoms with Crippen molar-refractivity contribution in [2.45, 2.75) is 45.1 Å². The Labute approximate surface area is 161 Å². The van der Waals surface area contributed by atoms with E-state index in [1.807, 2.05) is 25.1 Å². The normalized spacial score (nSPS) is 25.3. The molecule has 0 unspecified atom stereocenters. The first kappa shape index (κ1) is 17.9. The van der Waals surface area contributed by atoms with Crippen molar-refractivity contribution in [2.24, 2.45) is 5.92 Å². The van der Waals surface area contributed by atoms with Crippen LogP contribution in [-0.2, 0) is 9.59 Å². The number of anilines is 1. The lowest BCUT2D eigenvalue weighted by molar-refractivity contribution is -0.135. The molecule has 1 aromatic carbocycles. The van der Waals surface area contributed by atoms with Crippen molar-refractivity contribution in [1.82, 2.24) is 15.2 Å². The summed E-state index contributed by atoms with van der Waals surface area (Å²) in [4.78, 5) is 42.9. The molecule has 4 rings (SSSR count). The van der Waals surface area contributed by atoms with Crippen LogP contribution >= 0.6 is 11.3 Å². The summed E-state index contributed by atoms with van der Waals surface area (Å²) < 4.78 is 0.982. The van der Waals surface area contributed by atoms with E-state index in [-0.39, 0.29) is 12.5 Å². The van der Waals surface area contributed by atoms with Crippen LogP contribution in [0.25, 0.3) is 10.2 Å². The summed E-state index contributed by atoms with van der Waals surface area (Å²) in [7, 11) is 0. The van der Waals surface area contributed by atoms with E-state index in [0.717, 1.165) is 33.5 Å². The third-order valence-electron chi connectivity index (χ3n) is 5.47. The van der Waals surface area contributed by atoms with Crippen LogP contribution in [0.2, 0.25) is 0 Å². The van der Waals surface area contributed by atoms with Crippen molar-refractivity contribution in [1.29, 1.82) is 0 Å². The highest BCUT2D eigenvalue weighted by molar-refractivity contribution is 7.22. The quantitative estimate of drug-likeness (QED) is 0.793. The second-order valence-electron chi connectivity index (χ2n) is 7.62. The monoisotopic (exact) mass is 386 g/mol. The molecular weight excluding hydrogens is 364 g/mol. The summed E-state index contributed by atoms with van der Waals surface area (Å²) in [6.45, 7) is 3.85. The van der Waals surface area contributed by atoms with Crippen LogP contribution in [0.15, 0.2) is 18.2 Å². The fourth-order valence-corrected chi connectivity index (χ4v) is 4.78. The van der Waals surface area contributed by atoms with Gasteiger partial charge in [0, 0.05) is 0 Å². The van der Waals surface area contributed by atoms with E-state index in [4.69, 9.17) is 0 Å². The molecule has 0 atom stereocenters. The maximum Gasteiger partial charge on any atom is 0.325 e. The Bertz CT molecular complexity index is 930. The zero-order chi connectivity index (χ0) is 19.2. The number of rotatable bonds is 3. The van der Waals surface area contributed by atoms with Gasteiger partial charge in [0.1, 0.15) is 12.1 Å². The minimum atomic E-state index is -0.822. The Hall–Kier alpha value is -2.48. The number of nitrogens with zero attached hydrogens (tertiary/aromatic N) is 2. The van der Waals surface area contributed by atoms with Crippen molar-refractivity contribution in [2.75, 3.05) is 11.9 Å². The summed E-state index contributed by atoms with van der Waals surface area (Å²) in [5, 5.41) is 6.01. The third-order valence-corrected chi connectivity index (χ3v) is 6.40. The molecule has 1 aromatic heterocycles. The molecule has 0 bridgehead atoms. The highest BCUT2D eigenvalue weighted by atomic mass is 32.1. The molecular formula is C19H22N4O3S. The number of amides is 4. The van der Waals surface area contributed by atoms with E-state index in [1.165, 1.54) is 11.3 Å². The highest BCUT2D eigenvalue weighted by Gasteiger charge is 2.52. The average Bonchev–Trinajstić information content (AvgIpc) is 3.11. The first-order valence-electron chi connectivity index (χ1n) is 9.17. The molecule has 2 fully saturated rings. The molecule has 4 amide bonds. The topological polar surface area (TPSA) is 91.4 Å².